The highest BCUT2D eigenvalue weighted by atomic mass is 79.9. The number of carbonyl (C=O) groups is 1. The smallest absolute Gasteiger partial charge is 0.404 e. The van der Waals surface area contributed by atoms with E-state index in [1.54, 1.807) is 12.1 Å². The maximum absolute atomic E-state index is 13.8. The number of benzene rings is 1. The SMILES string of the molecule is CC(C)(C#Cc1ccc(Br)c([C@@H](CNC(=O)O)c2cc(F)cc(F)c2)n1)S(C)(=O)=O. The Balaban J connectivity index is 2.56. The summed E-state index contributed by atoms with van der Waals surface area (Å²) < 4.78 is 50.4. The van der Waals surface area contributed by atoms with Crippen molar-refractivity contribution in [3.63, 3.8) is 0 Å². The molecule has 2 rings (SSSR count). The minimum atomic E-state index is -3.45. The maximum Gasteiger partial charge on any atom is 0.404 e. The van der Waals surface area contributed by atoms with Gasteiger partial charge >= 0.3 is 6.09 Å². The van der Waals surface area contributed by atoms with E-state index in [2.05, 4.69) is 38.1 Å². The number of aromatic nitrogens is 1. The summed E-state index contributed by atoms with van der Waals surface area (Å²) in [6, 6.07) is 6.05. The molecule has 1 atom stereocenters. The fourth-order valence-electron chi connectivity index (χ4n) is 2.42. The van der Waals surface area contributed by atoms with Gasteiger partial charge in [0.15, 0.2) is 9.84 Å². The number of amides is 1. The highest BCUT2D eigenvalue weighted by molar-refractivity contribution is 9.10. The lowest BCUT2D eigenvalue weighted by atomic mass is 9.94. The standard InChI is InChI=1S/C20H19BrF2N2O4S/c1-20(2,30(3,28)29)7-6-15-4-5-17(21)18(25-15)16(11-24-19(26)27)12-8-13(22)10-14(23)9-12/h4-5,8-10,16,24H,11H2,1-3H3,(H,26,27)/t16-/m0/s1. The van der Waals surface area contributed by atoms with Crippen molar-refractivity contribution in [3.05, 3.63) is 63.4 Å². The van der Waals surface area contributed by atoms with Gasteiger partial charge in [-0.25, -0.2) is 27.0 Å². The molecule has 10 heteroatoms. The number of hydrogen-bond acceptors (Lipinski definition) is 4. The lowest BCUT2D eigenvalue weighted by Gasteiger charge is -2.19. The van der Waals surface area contributed by atoms with E-state index >= 15 is 0 Å². The predicted molar refractivity (Wildman–Crippen MR) is 112 cm³/mol. The van der Waals surface area contributed by atoms with Crippen LogP contribution in [0.25, 0.3) is 0 Å². The third kappa shape index (κ3) is 6.00. The first-order valence-electron chi connectivity index (χ1n) is 8.62. The molecule has 0 aliphatic carbocycles. The molecule has 2 N–H and O–H groups in total. The monoisotopic (exact) mass is 500 g/mol. The van der Waals surface area contributed by atoms with Crippen molar-refractivity contribution < 1.29 is 27.1 Å². The molecule has 0 spiro atoms. The molecular weight excluding hydrogens is 482 g/mol. The molecule has 6 nitrogen and oxygen atoms in total. The number of nitrogens with one attached hydrogen (secondary N) is 1. The van der Waals surface area contributed by atoms with Crippen LogP contribution in [0, 0.1) is 23.5 Å². The molecule has 0 aliphatic rings. The van der Waals surface area contributed by atoms with Crippen LogP contribution >= 0.6 is 15.9 Å². The largest absolute Gasteiger partial charge is 0.465 e. The molecule has 0 radical (unpaired) electrons. The summed E-state index contributed by atoms with van der Waals surface area (Å²) in [7, 11) is -3.45. The average molecular weight is 501 g/mol. The van der Waals surface area contributed by atoms with Crippen LogP contribution in [0.2, 0.25) is 0 Å². The quantitative estimate of drug-likeness (QED) is 0.610. The lowest BCUT2D eigenvalue weighted by Crippen LogP contribution is -2.29. The van der Waals surface area contributed by atoms with Gasteiger partial charge in [0.1, 0.15) is 22.1 Å². The Morgan fingerprint density at radius 2 is 1.87 bits per heavy atom. The fraction of sp³-hybridized carbons (Fsp3) is 0.300. The van der Waals surface area contributed by atoms with Crippen molar-refractivity contribution >= 4 is 31.9 Å². The van der Waals surface area contributed by atoms with Crippen molar-refractivity contribution in [2.24, 2.45) is 0 Å². The van der Waals surface area contributed by atoms with Crippen LogP contribution in [0.3, 0.4) is 0 Å². The molecule has 1 amide bonds. The molecule has 0 unspecified atom stereocenters. The molecule has 30 heavy (non-hydrogen) atoms. The van der Waals surface area contributed by atoms with Crippen LogP contribution in [0.1, 0.15) is 36.7 Å². The summed E-state index contributed by atoms with van der Waals surface area (Å²) in [6.07, 6.45) is -0.229. The number of halogens is 3. The Morgan fingerprint density at radius 1 is 1.27 bits per heavy atom. The van der Waals surface area contributed by atoms with E-state index < -0.39 is 38.2 Å². The van der Waals surface area contributed by atoms with Gasteiger partial charge in [-0.1, -0.05) is 5.92 Å². The van der Waals surface area contributed by atoms with Crippen LogP contribution in [0.15, 0.2) is 34.8 Å². The summed E-state index contributed by atoms with van der Waals surface area (Å²) in [5, 5.41) is 11.2. The van der Waals surface area contributed by atoms with Crippen LogP contribution < -0.4 is 5.32 Å². The molecule has 2 aromatic rings. The predicted octanol–water partition coefficient (Wildman–Crippen LogP) is 3.70. The molecule has 0 saturated heterocycles. The third-order valence-corrected chi connectivity index (χ3v) is 6.99. The topological polar surface area (TPSA) is 96.4 Å². The van der Waals surface area contributed by atoms with Gasteiger partial charge in [0, 0.05) is 29.3 Å². The molecular formula is C20H19BrF2N2O4S. The van der Waals surface area contributed by atoms with E-state index in [9.17, 15) is 22.0 Å². The zero-order valence-corrected chi connectivity index (χ0v) is 18.7. The van der Waals surface area contributed by atoms with E-state index in [1.165, 1.54) is 13.8 Å². The Bertz CT molecular complexity index is 1120. The first kappa shape index (κ1) is 23.8. The Kier molecular flexibility index (Phi) is 7.21. The Labute approximate surface area is 181 Å². The van der Waals surface area contributed by atoms with Crippen LogP contribution in [-0.4, -0.2) is 42.1 Å². The Hall–Kier alpha value is -2.51. The van der Waals surface area contributed by atoms with Gasteiger partial charge < -0.3 is 10.4 Å². The van der Waals surface area contributed by atoms with Gasteiger partial charge in [0.25, 0.3) is 0 Å². The number of carboxylic acid groups (broad SMARTS) is 1. The number of sulfone groups is 1. The van der Waals surface area contributed by atoms with Gasteiger partial charge in [0.05, 0.1) is 5.69 Å². The normalized spacial score (nSPS) is 12.6. The van der Waals surface area contributed by atoms with Crippen molar-refractivity contribution in [1.29, 1.82) is 0 Å². The van der Waals surface area contributed by atoms with Crippen LogP contribution in [0.4, 0.5) is 13.6 Å². The van der Waals surface area contributed by atoms with Crippen LogP contribution in [0.5, 0.6) is 0 Å². The summed E-state index contributed by atoms with van der Waals surface area (Å²) in [6.45, 7) is 2.73. The van der Waals surface area contributed by atoms with E-state index in [4.69, 9.17) is 5.11 Å². The Morgan fingerprint density at radius 3 is 2.40 bits per heavy atom. The van der Waals surface area contributed by atoms with E-state index in [1.807, 2.05) is 0 Å². The second-order valence-corrected chi connectivity index (χ2v) is 10.5. The second kappa shape index (κ2) is 9.10. The summed E-state index contributed by atoms with van der Waals surface area (Å²) in [5.74, 6) is 2.92. The van der Waals surface area contributed by atoms with Crippen LogP contribution in [-0.2, 0) is 9.84 Å². The fourth-order valence-corrected chi connectivity index (χ4v) is 3.15. The van der Waals surface area contributed by atoms with Gasteiger partial charge in [-0.05, 0) is 65.5 Å². The van der Waals surface area contributed by atoms with E-state index in [0.717, 1.165) is 18.4 Å². The van der Waals surface area contributed by atoms with Crippen molar-refractivity contribution in [1.82, 2.24) is 10.3 Å². The number of pyridine rings is 1. The third-order valence-electron chi connectivity index (χ3n) is 4.37. The van der Waals surface area contributed by atoms with E-state index in [0.29, 0.717) is 10.5 Å². The minimum Gasteiger partial charge on any atom is -0.465 e. The molecule has 160 valence electrons. The molecule has 1 aromatic heterocycles. The molecule has 1 heterocycles. The van der Waals surface area contributed by atoms with Gasteiger partial charge in [0.2, 0.25) is 0 Å². The molecule has 0 bridgehead atoms. The van der Waals surface area contributed by atoms with Gasteiger partial charge in [-0.2, -0.15) is 0 Å². The average Bonchev–Trinajstić information content (AvgIpc) is 2.60. The van der Waals surface area contributed by atoms with Gasteiger partial charge in [-0.15, -0.1) is 0 Å². The molecule has 0 fully saturated rings. The summed E-state index contributed by atoms with van der Waals surface area (Å²) in [4.78, 5) is 15.4. The second-order valence-electron chi connectivity index (χ2n) is 7.04. The minimum absolute atomic E-state index is 0.177. The number of hydrogen-bond donors (Lipinski definition) is 2. The van der Waals surface area contributed by atoms with Crippen molar-refractivity contribution in [2.45, 2.75) is 24.5 Å². The first-order valence-corrected chi connectivity index (χ1v) is 11.3. The van der Waals surface area contributed by atoms with Gasteiger partial charge in [-0.3, -0.25) is 0 Å². The first-order chi connectivity index (χ1) is 13.8. The van der Waals surface area contributed by atoms with Crippen molar-refractivity contribution in [2.75, 3.05) is 12.8 Å². The number of nitrogens with zero attached hydrogens (tertiary/aromatic N) is 1. The highest BCUT2D eigenvalue weighted by Gasteiger charge is 2.27. The summed E-state index contributed by atoms with van der Waals surface area (Å²) >= 11 is 3.33. The van der Waals surface area contributed by atoms with Crippen molar-refractivity contribution in [3.8, 4) is 11.8 Å². The number of rotatable bonds is 5. The lowest BCUT2D eigenvalue weighted by molar-refractivity contribution is 0.194. The zero-order valence-electron chi connectivity index (χ0n) is 16.3. The molecule has 0 saturated carbocycles. The zero-order chi connectivity index (χ0) is 22.7. The maximum atomic E-state index is 13.8. The highest BCUT2D eigenvalue weighted by Crippen LogP contribution is 2.30. The molecule has 0 aliphatic heterocycles. The molecule has 1 aromatic carbocycles. The summed E-state index contributed by atoms with van der Waals surface area (Å²) in [5.41, 5.74) is 0.691. The van der Waals surface area contributed by atoms with E-state index in [-0.39, 0.29) is 23.5 Å².